The minimum Gasteiger partial charge on any atom is -0.463 e. The predicted octanol–water partition coefficient (Wildman–Crippen LogP) is 9.07. The first-order chi connectivity index (χ1) is 36.2. The molecule has 2 amide bonds. The number of carbonyl (C=O) groups is 4. The minimum atomic E-state index is -0.342. The van der Waals surface area contributed by atoms with Crippen LogP contribution in [0.25, 0.3) is 55.4 Å². The number of nitrogens with zero attached hydrogens (tertiary/aromatic N) is 2. The van der Waals surface area contributed by atoms with Crippen molar-refractivity contribution in [3.63, 3.8) is 0 Å². The number of amides is 2. The number of aromatic amines is 3. The molecule has 2 aliphatic rings. The summed E-state index contributed by atoms with van der Waals surface area (Å²) in [4.78, 5) is 70.7. The topological polar surface area (TPSA) is 221 Å². The van der Waals surface area contributed by atoms with Gasteiger partial charge in [0.15, 0.2) is 0 Å². The number of hydrogen-bond donors (Lipinski definition) is 5. The van der Waals surface area contributed by atoms with Gasteiger partial charge in [0.2, 0.25) is 11.8 Å². The Bertz CT molecular complexity index is 2760. The fraction of sp³-hybridized carbons (Fsp3) is 0.517. The molecule has 17 heteroatoms. The Morgan fingerprint density at radius 2 is 0.800 bits per heavy atom. The van der Waals surface area contributed by atoms with Crippen molar-refractivity contribution in [2.24, 2.45) is 0 Å². The van der Waals surface area contributed by atoms with Crippen LogP contribution in [0.4, 0.5) is 0 Å². The first kappa shape index (κ1) is 57.9. The van der Waals surface area contributed by atoms with E-state index in [0.717, 1.165) is 126 Å². The standard InChI is InChI=1S/C58H79N7O10/c1-11-41-37(7)57-58-38(8)42(12-2)50(65-58)32-48-36(6)46(16-18-56(69)60-20-22-71-24-26-73-28-30-75-40(10)67)54(62-48)34-52-44(14-4)43(13-3)51(63-52)33-53-45(35(5)47(61-53)31-49(41)64-57)15-17-55(68)59-19-21-70-23-25-72-27-29-74-39(9)66/h31-34,61-63H,11-30H2,1-10H3,(H,59,68)(H,60,69). The number of aromatic nitrogens is 5. The van der Waals surface area contributed by atoms with Gasteiger partial charge in [-0.1, -0.05) is 27.7 Å². The fourth-order valence-electron chi connectivity index (χ4n) is 9.89. The Balaban J connectivity index is 1.36. The zero-order valence-corrected chi connectivity index (χ0v) is 45.9. The van der Waals surface area contributed by atoms with E-state index in [0.29, 0.717) is 78.8 Å². The second-order valence-electron chi connectivity index (χ2n) is 18.7. The number of rotatable bonds is 28. The van der Waals surface area contributed by atoms with Gasteiger partial charge in [-0.2, -0.15) is 0 Å². The molecule has 4 aromatic rings. The summed E-state index contributed by atoms with van der Waals surface area (Å²) >= 11 is 0. The zero-order valence-electron chi connectivity index (χ0n) is 45.9. The Labute approximate surface area is 441 Å². The highest BCUT2D eigenvalue weighted by Gasteiger charge is 2.25. The summed E-state index contributed by atoms with van der Waals surface area (Å²) in [6.07, 6.45) is 4.74. The van der Waals surface area contributed by atoms with Gasteiger partial charge >= 0.3 is 11.9 Å². The van der Waals surface area contributed by atoms with Crippen LogP contribution in [0.5, 0.6) is 0 Å². The van der Waals surface area contributed by atoms with E-state index in [1.807, 2.05) is 0 Å². The summed E-state index contributed by atoms with van der Waals surface area (Å²) in [6, 6.07) is 8.70. The molecule has 17 nitrogen and oxygen atoms in total. The normalized spacial score (nSPS) is 12.5. The van der Waals surface area contributed by atoms with Crippen LogP contribution in [0.2, 0.25) is 0 Å². The van der Waals surface area contributed by atoms with Crippen molar-refractivity contribution >= 4 is 79.1 Å². The number of esters is 2. The summed E-state index contributed by atoms with van der Waals surface area (Å²) in [7, 11) is 0. The van der Waals surface area contributed by atoms with Crippen LogP contribution >= 0.6 is 0 Å². The van der Waals surface area contributed by atoms with Crippen molar-refractivity contribution in [1.82, 2.24) is 35.6 Å². The number of ether oxygens (including phenoxy) is 6. The first-order valence-electron chi connectivity index (χ1n) is 26.7. The van der Waals surface area contributed by atoms with E-state index in [1.165, 1.54) is 25.0 Å². The Hall–Kier alpha value is -6.40. The van der Waals surface area contributed by atoms with Crippen molar-refractivity contribution < 1.29 is 47.6 Å². The Morgan fingerprint density at radius 1 is 0.453 bits per heavy atom. The van der Waals surface area contributed by atoms with Crippen LogP contribution in [-0.2, 0) is 73.3 Å². The third-order valence-corrected chi connectivity index (χ3v) is 13.8. The van der Waals surface area contributed by atoms with Crippen molar-refractivity contribution in [2.45, 2.75) is 121 Å². The number of nitrogens with one attached hydrogen (secondary N) is 5. The monoisotopic (exact) mass is 1030 g/mol. The Kier molecular flexibility index (Phi) is 22.0. The minimum absolute atomic E-state index is 0.0727. The van der Waals surface area contributed by atoms with E-state index in [4.69, 9.17) is 38.4 Å². The summed E-state index contributed by atoms with van der Waals surface area (Å²) < 4.78 is 31.9. The molecule has 0 saturated heterocycles. The quantitative estimate of drug-likeness (QED) is 0.0266. The number of carbonyl (C=O) groups excluding carboxylic acids is 4. The summed E-state index contributed by atoms with van der Waals surface area (Å²) in [5.41, 5.74) is 20.4. The molecule has 75 heavy (non-hydrogen) atoms. The highest BCUT2D eigenvalue weighted by atomic mass is 16.6. The van der Waals surface area contributed by atoms with Gasteiger partial charge in [0.05, 0.1) is 75.6 Å². The molecule has 2 aliphatic heterocycles. The highest BCUT2D eigenvalue weighted by molar-refractivity contribution is 6.00. The van der Waals surface area contributed by atoms with E-state index in [1.54, 1.807) is 0 Å². The third kappa shape index (κ3) is 15.4. The maximum absolute atomic E-state index is 13.4. The van der Waals surface area contributed by atoms with E-state index in [9.17, 15) is 19.2 Å². The smallest absolute Gasteiger partial charge is 0.302 e. The van der Waals surface area contributed by atoms with Crippen molar-refractivity contribution in [2.75, 3.05) is 79.2 Å². The molecular formula is C58H79N7O10. The van der Waals surface area contributed by atoms with Crippen LogP contribution < -0.4 is 10.6 Å². The highest BCUT2D eigenvalue weighted by Crippen LogP contribution is 2.40. The maximum Gasteiger partial charge on any atom is 0.302 e. The molecule has 0 atom stereocenters. The molecule has 0 saturated carbocycles. The largest absolute Gasteiger partial charge is 0.463 e. The average Bonchev–Trinajstić information content (AvgIpc) is 4.14. The molecule has 0 fully saturated rings. The molecule has 5 N–H and O–H groups in total. The van der Waals surface area contributed by atoms with Crippen molar-refractivity contribution in [3.8, 4) is 0 Å². The van der Waals surface area contributed by atoms with Gasteiger partial charge in [-0.05, 0) is 146 Å². The number of allylic oxidation sites excluding steroid dienone is 4. The van der Waals surface area contributed by atoms with Gasteiger partial charge in [-0.15, -0.1) is 0 Å². The molecule has 0 radical (unpaired) electrons. The van der Waals surface area contributed by atoms with Crippen LogP contribution in [0.3, 0.4) is 0 Å². The zero-order chi connectivity index (χ0) is 54.0. The molecule has 4 aromatic heterocycles. The lowest BCUT2D eigenvalue weighted by molar-refractivity contribution is -0.143. The van der Waals surface area contributed by atoms with Gasteiger partial charge in [0.25, 0.3) is 0 Å². The lowest BCUT2D eigenvalue weighted by atomic mass is 9.99. The molecule has 6 rings (SSSR count). The second-order valence-corrected chi connectivity index (χ2v) is 18.7. The molecule has 406 valence electrons. The molecule has 6 heterocycles. The average molecular weight is 1030 g/mol. The van der Waals surface area contributed by atoms with Crippen LogP contribution in [0.15, 0.2) is 24.3 Å². The van der Waals surface area contributed by atoms with Crippen LogP contribution in [0.1, 0.15) is 137 Å². The van der Waals surface area contributed by atoms with Gasteiger partial charge in [-0.3, -0.25) is 19.2 Å². The third-order valence-electron chi connectivity index (χ3n) is 13.8. The summed E-state index contributed by atoms with van der Waals surface area (Å²) in [5.74, 6) is -0.830. The molecule has 0 spiro atoms. The number of aryl methyl sites for hydroxylation is 6. The van der Waals surface area contributed by atoms with E-state index in [-0.39, 0.29) is 49.8 Å². The first-order valence-corrected chi connectivity index (χ1v) is 26.7. The number of H-pyrrole nitrogens is 3. The molecule has 0 unspecified atom stereocenters. The van der Waals surface area contributed by atoms with Gasteiger partial charge < -0.3 is 54.0 Å². The lowest BCUT2D eigenvalue weighted by Crippen LogP contribution is -2.27. The van der Waals surface area contributed by atoms with Gasteiger partial charge in [0.1, 0.15) is 13.2 Å². The lowest BCUT2D eigenvalue weighted by Gasteiger charge is -2.08. The molecule has 0 aliphatic carbocycles. The number of fused-ring (bicyclic) bond motifs is 11. The molecule has 0 aromatic carbocycles. The second kappa shape index (κ2) is 28.5. The van der Waals surface area contributed by atoms with Crippen LogP contribution in [0, 0.1) is 13.8 Å². The SMILES string of the molecule is CCC1=C(C)c2nc1cc1[nH]c(cc3[nH]c(cc4[nH]c(cc5nc2C(C)=C5CC)c(C)c4CCC(=O)NCCOCCOCCOC(C)=O)c(CC)c3CC)c(CCC(=O)NCCOCCOCCOC(C)=O)c1C. The Morgan fingerprint density at radius 3 is 1.16 bits per heavy atom. The van der Waals surface area contributed by atoms with Crippen molar-refractivity contribution in [3.05, 3.63) is 80.4 Å². The molecular weight excluding hydrogens is 955 g/mol. The predicted molar refractivity (Wildman–Crippen MR) is 295 cm³/mol. The summed E-state index contributed by atoms with van der Waals surface area (Å²) in [5, 5.41) is 6.02. The van der Waals surface area contributed by atoms with Gasteiger partial charge in [-0.25, -0.2) is 9.97 Å². The van der Waals surface area contributed by atoms with E-state index in [2.05, 4.69) is 105 Å². The summed E-state index contributed by atoms with van der Waals surface area (Å²) in [6.45, 7) is 23.8. The molecule has 10 bridgehead atoms. The van der Waals surface area contributed by atoms with E-state index >= 15 is 0 Å². The van der Waals surface area contributed by atoms with E-state index < -0.39 is 0 Å². The maximum atomic E-state index is 13.4. The van der Waals surface area contributed by atoms with Gasteiger partial charge in [0, 0.05) is 72.9 Å². The number of hydrogen-bond acceptors (Lipinski definition) is 12. The van der Waals surface area contributed by atoms with Crippen LogP contribution in [-0.4, -0.2) is 128 Å². The fourth-order valence-corrected chi connectivity index (χ4v) is 9.89. The van der Waals surface area contributed by atoms with Crippen molar-refractivity contribution in [1.29, 1.82) is 0 Å².